The molecule has 2 heterocycles. The van der Waals surface area contributed by atoms with Gasteiger partial charge in [-0.05, 0) is 36.6 Å². The summed E-state index contributed by atoms with van der Waals surface area (Å²) in [5, 5.41) is 17.0. The minimum absolute atomic E-state index is 0.122. The van der Waals surface area contributed by atoms with Crippen LogP contribution >= 0.6 is 0 Å². The predicted octanol–water partition coefficient (Wildman–Crippen LogP) is 3.62. The lowest BCUT2D eigenvalue weighted by Gasteiger charge is -2.09. The number of fused-ring (bicyclic) bond motifs is 1. The average molecular weight is 436 g/mol. The predicted molar refractivity (Wildman–Crippen MR) is 116 cm³/mol. The molecule has 4 aromatic rings. The third kappa shape index (κ3) is 3.78. The van der Waals surface area contributed by atoms with E-state index >= 15 is 0 Å². The van der Waals surface area contributed by atoms with Crippen molar-refractivity contribution in [1.29, 1.82) is 0 Å². The zero-order chi connectivity index (χ0) is 22.5. The molecule has 0 radical (unpaired) electrons. The molecule has 1 aliphatic carbocycles. The topological polar surface area (TPSA) is 72.1 Å². The van der Waals surface area contributed by atoms with E-state index in [2.05, 4.69) is 10.4 Å². The standard InChI is InChI=1S/C24H22F2N4O2/c1-29-11-17(10-28-29)15-5-6-16(20(26)9-15)12-30-13-18(22-19(25)3-2-4-21(22)30)23(31)27-14-24(32)7-8-24/h2-6,9-11,13,32H,7-8,12,14H2,1H3,(H,27,31). The quantitative estimate of drug-likeness (QED) is 0.485. The van der Waals surface area contributed by atoms with Crippen molar-refractivity contribution in [2.24, 2.45) is 7.05 Å². The Morgan fingerprint density at radius 1 is 1.16 bits per heavy atom. The number of aryl methyl sites for hydroxylation is 1. The number of amides is 1. The Labute approximate surface area is 183 Å². The Hall–Kier alpha value is -3.52. The van der Waals surface area contributed by atoms with Gasteiger partial charge in [0, 0.05) is 42.5 Å². The minimum atomic E-state index is -0.855. The van der Waals surface area contributed by atoms with Crippen LogP contribution in [0.2, 0.25) is 0 Å². The molecule has 1 amide bonds. The molecule has 1 fully saturated rings. The first kappa shape index (κ1) is 20.4. The van der Waals surface area contributed by atoms with Gasteiger partial charge >= 0.3 is 0 Å². The number of hydrogen-bond donors (Lipinski definition) is 2. The van der Waals surface area contributed by atoms with E-state index in [1.165, 1.54) is 18.3 Å². The number of benzene rings is 2. The Kier molecular flexibility index (Phi) is 4.82. The van der Waals surface area contributed by atoms with Crippen molar-refractivity contribution >= 4 is 16.8 Å². The van der Waals surface area contributed by atoms with Crippen LogP contribution in [0.4, 0.5) is 8.78 Å². The average Bonchev–Trinajstić information content (AvgIpc) is 3.17. The van der Waals surface area contributed by atoms with Crippen molar-refractivity contribution in [2.45, 2.75) is 25.0 Å². The summed E-state index contributed by atoms with van der Waals surface area (Å²) in [7, 11) is 1.79. The van der Waals surface area contributed by atoms with Crippen molar-refractivity contribution in [1.82, 2.24) is 19.7 Å². The SMILES string of the molecule is Cn1cc(-c2ccc(Cn3cc(C(=O)NCC4(O)CC4)c4c(F)cccc43)c(F)c2)cn1. The zero-order valence-electron chi connectivity index (χ0n) is 17.5. The summed E-state index contributed by atoms with van der Waals surface area (Å²) in [6.07, 6.45) is 6.28. The van der Waals surface area contributed by atoms with Gasteiger partial charge in [-0.1, -0.05) is 18.2 Å². The van der Waals surface area contributed by atoms with Gasteiger partial charge in [-0.15, -0.1) is 0 Å². The number of nitrogens with zero attached hydrogens (tertiary/aromatic N) is 3. The molecule has 0 atom stereocenters. The van der Waals surface area contributed by atoms with E-state index in [1.54, 1.807) is 46.9 Å². The van der Waals surface area contributed by atoms with Crippen molar-refractivity contribution in [2.75, 3.05) is 6.54 Å². The van der Waals surface area contributed by atoms with Gasteiger partial charge in [-0.2, -0.15) is 5.10 Å². The number of rotatable bonds is 6. The summed E-state index contributed by atoms with van der Waals surface area (Å²) >= 11 is 0. The van der Waals surface area contributed by atoms with Gasteiger partial charge in [0.1, 0.15) is 11.6 Å². The van der Waals surface area contributed by atoms with E-state index in [0.717, 1.165) is 5.56 Å². The smallest absolute Gasteiger partial charge is 0.253 e. The number of aliphatic hydroxyl groups is 1. The highest BCUT2D eigenvalue weighted by molar-refractivity contribution is 6.07. The van der Waals surface area contributed by atoms with E-state index in [4.69, 9.17) is 0 Å². The third-order valence-corrected chi connectivity index (χ3v) is 5.94. The molecule has 0 unspecified atom stereocenters. The lowest BCUT2D eigenvalue weighted by molar-refractivity contribution is 0.0897. The van der Waals surface area contributed by atoms with Crippen LogP contribution in [0.25, 0.3) is 22.0 Å². The maximum Gasteiger partial charge on any atom is 0.253 e. The lowest BCUT2D eigenvalue weighted by Crippen LogP contribution is -2.33. The molecular weight excluding hydrogens is 414 g/mol. The van der Waals surface area contributed by atoms with Crippen LogP contribution in [0.3, 0.4) is 0 Å². The van der Waals surface area contributed by atoms with Crippen LogP contribution in [0.15, 0.2) is 55.0 Å². The monoisotopic (exact) mass is 436 g/mol. The van der Waals surface area contributed by atoms with Gasteiger partial charge in [0.2, 0.25) is 0 Å². The highest BCUT2D eigenvalue weighted by Gasteiger charge is 2.40. The summed E-state index contributed by atoms with van der Waals surface area (Å²) in [5.74, 6) is -1.39. The molecule has 0 saturated heterocycles. The first-order valence-electron chi connectivity index (χ1n) is 10.4. The largest absolute Gasteiger partial charge is 0.388 e. The van der Waals surface area contributed by atoms with E-state index in [0.29, 0.717) is 29.5 Å². The van der Waals surface area contributed by atoms with E-state index in [-0.39, 0.29) is 24.0 Å². The van der Waals surface area contributed by atoms with Gasteiger partial charge in [-0.25, -0.2) is 8.78 Å². The van der Waals surface area contributed by atoms with Crippen LogP contribution in [-0.4, -0.2) is 37.5 Å². The molecule has 2 N–H and O–H groups in total. The molecule has 2 aromatic heterocycles. The summed E-state index contributed by atoms with van der Waals surface area (Å²) < 4.78 is 32.9. The molecule has 0 aliphatic heterocycles. The second-order valence-corrected chi connectivity index (χ2v) is 8.42. The van der Waals surface area contributed by atoms with E-state index < -0.39 is 23.1 Å². The van der Waals surface area contributed by atoms with Crippen molar-refractivity contribution in [3.8, 4) is 11.1 Å². The molecule has 2 aromatic carbocycles. The fraction of sp³-hybridized carbons (Fsp3) is 0.250. The van der Waals surface area contributed by atoms with Crippen LogP contribution in [0, 0.1) is 11.6 Å². The fourth-order valence-electron chi connectivity index (χ4n) is 3.88. The van der Waals surface area contributed by atoms with Gasteiger partial charge in [-0.3, -0.25) is 9.48 Å². The minimum Gasteiger partial charge on any atom is -0.388 e. The van der Waals surface area contributed by atoms with Crippen LogP contribution < -0.4 is 5.32 Å². The highest BCUT2D eigenvalue weighted by atomic mass is 19.1. The van der Waals surface area contributed by atoms with Gasteiger partial charge in [0.05, 0.1) is 29.4 Å². The number of nitrogens with one attached hydrogen (secondary N) is 1. The second-order valence-electron chi connectivity index (χ2n) is 8.42. The van der Waals surface area contributed by atoms with Gasteiger partial charge in [0.15, 0.2) is 0 Å². The Balaban J connectivity index is 1.46. The van der Waals surface area contributed by atoms with E-state index in [1.807, 2.05) is 6.07 Å². The first-order valence-corrected chi connectivity index (χ1v) is 10.4. The number of carbonyl (C=O) groups excluding carboxylic acids is 1. The molecule has 8 heteroatoms. The second kappa shape index (κ2) is 7.56. The highest BCUT2D eigenvalue weighted by Crippen LogP contribution is 2.34. The summed E-state index contributed by atoms with van der Waals surface area (Å²) in [6, 6.07) is 9.50. The fourth-order valence-corrected chi connectivity index (χ4v) is 3.88. The molecule has 1 aliphatic rings. The van der Waals surface area contributed by atoms with Gasteiger partial charge < -0.3 is 15.0 Å². The molecule has 5 rings (SSSR count). The van der Waals surface area contributed by atoms with Crippen molar-refractivity contribution < 1.29 is 18.7 Å². The molecule has 0 spiro atoms. The van der Waals surface area contributed by atoms with Crippen LogP contribution in [0.1, 0.15) is 28.8 Å². The lowest BCUT2D eigenvalue weighted by atomic mass is 10.1. The maximum atomic E-state index is 14.9. The number of carbonyl (C=O) groups is 1. The molecule has 6 nitrogen and oxygen atoms in total. The maximum absolute atomic E-state index is 14.9. The Morgan fingerprint density at radius 3 is 2.66 bits per heavy atom. The molecule has 164 valence electrons. The number of halogens is 2. The zero-order valence-corrected chi connectivity index (χ0v) is 17.5. The van der Waals surface area contributed by atoms with Crippen LogP contribution in [0.5, 0.6) is 0 Å². The first-order chi connectivity index (χ1) is 15.3. The number of hydrogen-bond acceptors (Lipinski definition) is 3. The third-order valence-electron chi connectivity index (χ3n) is 5.94. The molecule has 0 bridgehead atoms. The normalized spacial score (nSPS) is 14.6. The van der Waals surface area contributed by atoms with E-state index in [9.17, 15) is 18.7 Å². The summed E-state index contributed by atoms with van der Waals surface area (Å²) in [4.78, 5) is 12.7. The molecule has 32 heavy (non-hydrogen) atoms. The summed E-state index contributed by atoms with van der Waals surface area (Å²) in [5.41, 5.74) is 1.73. The van der Waals surface area contributed by atoms with Gasteiger partial charge in [0.25, 0.3) is 5.91 Å². The Morgan fingerprint density at radius 2 is 1.97 bits per heavy atom. The number of aromatic nitrogens is 3. The summed E-state index contributed by atoms with van der Waals surface area (Å²) in [6.45, 7) is 0.258. The van der Waals surface area contributed by atoms with Crippen LogP contribution in [-0.2, 0) is 13.6 Å². The molecule has 1 saturated carbocycles. The molecular formula is C24H22F2N4O2. The van der Waals surface area contributed by atoms with Crippen molar-refractivity contribution in [3.63, 3.8) is 0 Å². The van der Waals surface area contributed by atoms with Crippen molar-refractivity contribution in [3.05, 3.63) is 77.8 Å². The Bertz CT molecular complexity index is 1340.